The second-order valence-electron chi connectivity index (χ2n) is 19.2. The smallest absolute Gasteiger partial charge is 0.0579 e. The van der Waals surface area contributed by atoms with Crippen molar-refractivity contribution in [1.82, 2.24) is 18.7 Å². The van der Waals surface area contributed by atoms with E-state index in [1.165, 1.54) is 11.1 Å². The van der Waals surface area contributed by atoms with Gasteiger partial charge in [0.25, 0.3) is 0 Å². The Hall–Kier alpha value is -7.66. The number of hydrogen-bond acceptors (Lipinski definition) is 3. The van der Waals surface area contributed by atoms with Crippen molar-refractivity contribution in [2.75, 3.05) is 0 Å². The molecule has 6 nitrogen and oxygen atoms in total. The molecule has 0 unspecified atom stereocenters. The Morgan fingerprint density at radius 2 is 1.24 bits per heavy atom. The van der Waals surface area contributed by atoms with Crippen molar-refractivity contribution in [1.29, 1.82) is 0 Å². The van der Waals surface area contributed by atoms with Crippen LogP contribution in [0, 0.1) is 10.7 Å². The van der Waals surface area contributed by atoms with Crippen LogP contribution in [0.3, 0.4) is 0 Å². The summed E-state index contributed by atoms with van der Waals surface area (Å²) in [4.78, 5) is 18.0. The summed E-state index contributed by atoms with van der Waals surface area (Å²) >= 11 is 2.47. The zero-order valence-corrected chi connectivity index (χ0v) is 41.3. The molecule has 0 saturated carbocycles. The second-order valence-corrected chi connectivity index (χ2v) is 20.2. The minimum atomic E-state index is -2.40. The van der Waals surface area contributed by atoms with Crippen LogP contribution in [0.1, 0.15) is 53.6 Å². The maximum absolute atomic E-state index is 13.1. The zero-order valence-electron chi connectivity index (χ0n) is 42.0. The third kappa shape index (κ3) is 7.59. The number of rotatable bonds is 8. The van der Waals surface area contributed by atoms with Crippen molar-refractivity contribution in [2.24, 2.45) is 0 Å². The summed E-state index contributed by atoms with van der Waals surface area (Å²) in [6.45, 7) is 4.10. The van der Waals surface area contributed by atoms with E-state index in [2.05, 4.69) is 171 Å². The molecule has 7 heteroatoms. The number of hydrogen-bond donors (Lipinski definition) is 0. The van der Waals surface area contributed by atoms with E-state index in [0.717, 1.165) is 81.4 Å². The van der Waals surface area contributed by atoms with Crippen LogP contribution >= 0.6 is 0 Å². The maximum atomic E-state index is 13.1. The molecular weight excluding hydrogens is 1040 g/mol. The number of carbonyl (C=O) groups excluding carboxylic acids is 1. The monoisotopic (exact) mass is 1090 g/mol. The number of aryl methyl sites for hydroxylation is 1. The predicted molar refractivity (Wildman–Crippen MR) is 281 cm³/mol. The van der Waals surface area contributed by atoms with E-state index in [0.29, 0.717) is 42.1 Å². The summed E-state index contributed by atoms with van der Waals surface area (Å²) < 4.78 is 40.6. The van der Waals surface area contributed by atoms with Gasteiger partial charge in [-0.3, -0.25) is 0 Å². The molecular formula is C63H50N4O2Pt. The first-order chi connectivity index (χ1) is 35.3. The van der Waals surface area contributed by atoms with Crippen molar-refractivity contribution in [3.05, 3.63) is 220 Å². The number of carbonyl (C=O) groups is 1. The van der Waals surface area contributed by atoms with Gasteiger partial charge in [0.05, 0.1) is 0 Å². The van der Waals surface area contributed by atoms with Crippen molar-refractivity contribution in [3.63, 3.8) is 0 Å². The Morgan fingerprint density at radius 1 is 0.586 bits per heavy atom. The van der Waals surface area contributed by atoms with Gasteiger partial charge in [-0.25, -0.2) is 0 Å². The second kappa shape index (κ2) is 17.4. The number of aromatic nitrogens is 4. The average molecular weight is 1090 g/mol. The molecule has 8 aromatic carbocycles. The molecule has 0 bridgehead atoms. The molecule has 0 fully saturated rings. The third-order valence-corrected chi connectivity index (χ3v) is 14.8. The molecule has 0 N–H and O–H groups in total. The molecule has 0 spiro atoms. The summed E-state index contributed by atoms with van der Waals surface area (Å²) in [5, 5.41) is 2.01. The first-order valence-electron chi connectivity index (χ1n) is 25.2. The topological polar surface area (TPSA) is 54.0 Å². The molecule has 0 atom stereocenters. The average Bonchev–Trinajstić information content (AvgIpc) is 3.89. The Bertz CT molecular complexity index is 4030. The summed E-state index contributed by atoms with van der Waals surface area (Å²) in [6.07, 6.45) is 3.32. The first-order valence-corrected chi connectivity index (χ1v) is 24.9. The van der Waals surface area contributed by atoms with Gasteiger partial charge in [0.1, 0.15) is 0 Å². The Labute approximate surface area is 422 Å². The van der Waals surface area contributed by atoms with Crippen LogP contribution in [0.5, 0.6) is 11.5 Å². The Kier molecular flexibility index (Phi) is 10.00. The van der Waals surface area contributed by atoms with Crippen LogP contribution in [-0.4, -0.2) is 24.5 Å². The van der Waals surface area contributed by atoms with Crippen LogP contribution in [0.4, 0.5) is 0 Å². The number of para-hydroxylation sites is 3. The number of ether oxygens (including phenoxy) is 1. The number of benzene rings is 8. The SMILES string of the molecule is [2H]C([2H])([2H])c1cc(-n2c3ccccc3c3ccc(Oc4cccc(-n5[c](=[Pt])n(-c6c(-c7ccccc7)cc7c(c6-c6ccccc6)CCC(=O)C7)c6ccccc65)c4)cc32)ncc1-c1ccc(C(C)(C)C)cc1. The normalized spacial score (nSPS) is 13.6. The molecule has 70 heavy (non-hydrogen) atoms. The van der Waals surface area contributed by atoms with Gasteiger partial charge < -0.3 is 0 Å². The van der Waals surface area contributed by atoms with Gasteiger partial charge in [0.15, 0.2) is 0 Å². The fourth-order valence-corrected chi connectivity index (χ4v) is 11.5. The van der Waals surface area contributed by atoms with Gasteiger partial charge >= 0.3 is 323 Å². The number of imidazole rings is 1. The number of fused-ring (bicyclic) bond motifs is 5. The molecule has 0 radical (unpaired) electrons. The van der Waals surface area contributed by atoms with E-state index in [1.807, 2.05) is 65.2 Å². The van der Waals surface area contributed by atoms with Crippen LogP contribution < -0.4 is 4.74 Å². The fourth-order valence-electron chi connectivity index (χ4n) is 10.4. The van der Waals surface area contributed by atoms with Crippen molar-refractivity contribution >= 4 is 38.6 Å². The number of Topliss-reactive ketones (excluding diaryl/α,β-unsaturated/α-hetero) is 1. The quantitative estimate of drug-likeness (QED) is 0.152. The predicted octanol–water partition coefficient (Wildman–Crippen LogP) is 15.4. The standard InChI is InChI=1S/C63H50N4O2.Pt/c1-41-34-60(64-39-55(41)43-26-28-46(29-27-43)63(2,3)4)67-56-23-12-11-22-52(56)53-33-31-50(38-59(53)67)69-49-21-15-20-47(37-49)65-40-66(58-25-14-13-24-57(58)65)62-54(42-16-7-5-8-17-42)36-45-35-48(68)30-32-51(45)61(62)44-18-9-6-10-19-44;/h5-29,31,33-34,36-39H,30,32,35H2,1-4H3;/i1D3;. The van der Waals surface area contributed by atoms with E-state index in [9.17, 15) is 4.79 Å². The molecule has 0 amide bonds. The van der Waals surface area contributed by atoms with E-state index >= 15 is 0 Å². The van der Waals surface area contributed by atoms with Gasteiger partial charge in [0.2, 0.25) is 0 Å². The van der Waals surface area contributed by atoms with Crippen molar-refractivity contribution in [2.45, 2.75) is 52.3 Å². The summed E-state index contributed by atoms with van der Waals surface area (Å²) in [5.41, 5.74) is 15.3. The van der Waals surface area contributed by atoms with Gasteiger partial charge in [-0.05, 0) is 29.0 Å². The Morgan fingerprint density at radius 3 is 1.99 bits per heavy atom. The molecule has 3 heterocycles. The van der Waals surface area contributed by atoms with E-state index in [1.54, 1.807) is 12.3 Å². The fraction of sp³-hybridized carbons (Fsp3) is 0.127. The van der Waals surface area contributed by atoms with Gasteiger partial charge in [-0.15, -0.1) is 0 Å². The van der Waals surface area contributed by atoms with Crippen LogP contribution in [0.15, 0.2) is 194 Å². The summed E-state index contributed by atoms with van der Waals surface area (Å²) in [5.74, 6) is 2.05. The van der Waals surface area contributed by atoms with Crippen molar-refractivity contribution in [3.8, 4) is 62.1 Å². The van der Waals surface area contributed by atoms with Gasteiger partial charge in [-0.1, -0.05) is 57.2 Å². The third-order valence-electron chi connectivity index (χ3n) is 13.8. The first kappa shape index (κ1) is 40.2. The molecule has 3 aromatic heterocycles. The molecule has 344 valence electrons. The summed E-state index contributed by atoms with van der Waals surface area (Å²) in [7, 11) is 0. The number of ketones is 1. The number of nitrogens with zero attached hydrogens (tertiary/aromatic N) is 4. The summed E-state index contributed by atoms with van der Waals surface area (Å²) in [6, 6.07) is 64.1. The molecule has 12 rings (SSSR count). The Balaban J connectivity index is 0.979. The van der Waals surface area contributed by atoms with Crippen molar-refractivity contribution < 1.29 is 33.0 Å². The van der Waals surface area contributed by atoms with Gasteiger partial charge in [-0.2, -0.15) is 0 Å². The molecule has 0 saturated heterocycles. The minimum Gasteiger partial charge on any atom is -0.0579 e. The molecule has 11 aromatic rings. The van der Waals surface area contributed by atoms with E-state index < -0.39 is 6.85 Å². The van der Waals surface area contributed by atoms with E-state index in [4.69, 9.17) is 13.8 Å². The molecule has 1 aliphatic rings. The molecule has 1 aliphatic carbocycles. The zero-order chi connectivity index (χ0) is 50.2. The number of pyridine rings is 1. The van der Waals surface area contributed by atoms with Crippen LogP contribution in [-0.2, 0) is 42.4 Å². The minimum absolute atomic E-state index is 0.0374. The van der Waals surface area contributed by atoms with E-state index in [-0.39, 0.29) is 16.8 Å². The van der Waals surface area contributed by atoms with Gasteiger partial charge in [0, 0.05) is 15.9 Å². The van der Waals surface area contributed by atoms with Crippen LogP contribution in [0.2, 0.25) is 0 Å². The molecule has 0 aliphatic heterocycles. The van der Waals surface area contributed by atoms with Crippen LogP contribution in [0.25, 0.3) is 83.4 Å².